The number of halogens is 1. The van der Waals surface area contributed by atoms with Crippen LogP contribution in [-0.4, -0.2) is 0 Å². The van der Waals surface area contributed by atoms with E-state index in [9.17, 15) is 0 Å². The first-order valence-electron chi connectivity index (χ1n) is 3.20. The highest BCUT2D eigenvalue weighted by atomic mass is 35.5. The largest absolute Gasteiger partial charge is 0.307 e. The highest BCUT2D eigenvalue weighted by Gasteiger charge is 2.02. The van der Waals surface area contributed by atoms with Crippen LogP contribution >= 0.6 is 11.6 Å². The third kappa shape index (κ3) is 2.32. The van der Waals surface area contributed by atoms with Gasteiger partial charge in [0.05, 0.1) is 0 Å². The molecule has 0 radical (unpaired) electrons. The highest BCUT2D eigenvalue weighted by Crippen LogP contribution is 2.16. The van der Waals surface area contributed by atoms with Gasteiger partial charge in [0.2, 0.25) is 0 Å². The van der Waals surface area contributed by atoms with Gasteiger partial charge in [-0.25, -0.2) is 5.84 Å². The summed E-state index contributed by atoms with van der Waals surface area (Å²) >= 11 is 5.64. The van der Waals surface area contributed by atoms with Crippen molar-refractivity contribution in [3.63, 3.8) is 0 Å². The molecule has 0 aromatic carbocycles. The second-order valence-electron chi connectivity index (χ2n) is 2.24. The van der Waals surface area contributed by atoms with E-state index in [-0.39, 0.29) is 5.92 Å². The lowest BCUT2D eigenvalue weighted by Gasteiger charge is -1.97. The molecule has 1 unspecified atom stereocenters. The first-order valence-corrected chi connectivity index (χ1v) is 3.57. The highest BCUT2D eigenvalue weighted by molar-refractivity contribution is 6.29. The maximum Gasteiger partial charge on any atom is 0.159 e. The average molecular weight is 173 g/mol. The number of rotatable bonds is 1. The average Bonchev–Trinajstić information content (AvgIpc) is 2.11. The molecule has 5 heteroatoms. The van der Waals surface area contributed by atoms with Gasteiger partial charge in [-0.05, 0) is 18.1 Å². The molecule has 1 atom stereocenters. The van der Waals surface area contributed by atoms with Gasteiger partial charge in [-0.1, -0.05) is 18.5 Å². The molecule has 0 aliphatic carbocycles. The van der Waals surface area contributed by atoms with Crippen LogP contribution in [0.2, 0.25) is 0 Å². The predicted octanol–water partition coefficient (Wildman–Crippen LogP) is 1.47. The molecule has 0 bridgehead atoms. The fourth-order valence-corrected chi connectivity index (χ4v) is 0.996. The van der Waals surface area contributed by atoms with Crippen LogP contribution in [-0.2, 0) is 0 Å². The maximum absolute atomic E-state index is 5.64. The molecule has 0 amide bonds. The third-order valence-corrected chi connectivity index (χ3v) is 1.42. The Morgan fingerprint density at radius 3 is 2.91 bits per heavy atom. The summed E-state index contributed by atoms with van der Waals surface area (Å²) < 4.78 is 0. The van der Waals surface area contributed by atoms with Crippen molar-refractivity contribution in [2.24, 2.45) is 22.0 Å². The molecule has 0 aromatic heterocycles. The van der Waals surface area contributed by atoms with Crippen molar-refractivity contribution in [3.8, 4) is 0 Å². The van der Waals surface area contributed by atoms with Gasteiger partial charge in [-0.15, -0.1) is 10.2 Å². The minimum Gasteiger partial charge on any atom is -0.307 e. The van der Waals surface area contributed by atoms with E-state index in [0.29, 0.717) is 11.0 Å². The Balaban J connectivity index is 2.83. The summed E-state index contributed by atoms with van der Waals surface area (Å²) in [5.74, 6) is 5.87. The van der Waals surface area contributed by atoms with Gasteiger partial charge in [-0.3, -0.25) is 0 Å². The molecule has 4 nitrogen and oxygen atoms in total. The number of hydrogen-bond donors (Lipinski definition) is 2. The smallest absolute Gasteiger partial charge is 0.159 e. The maximum atomic E-state index is 5.64. The minimum absolute atomic E-state index is 0.198. The van der Waals surface area contributed by atoms with Crippen LogP contribution in [0.15, 0.2) is 33.4 Å². The van der Waals surface area contributed by atoms with Crippen molar-refractivity contribution in [1.29, 1.82) is 0 Å². The second-order valence-corrected chi connectivity index (χ2v) is 2.63. The van der Waals surface area contributed by atoms with E-state index < -0.39 is 0 Å². The molecule has 0 fully saturated rings. The number of hydrogen-bond acceptors (Lipinski definition) is 4. The summed E-state index contributed by atoms with van der Waals surface area (Å²) in [6.07, 6.45) is 3.62. The first-order chi connectivity index (χ1) is 5.22. The normalized spacial score (nSPS) is 23.7. The molecule has 3 N–H and O–H groups in total. The third-order valence-electron chi connectivity index (χ3n) is 1.22. The van der Waals surface area contributed by atoms with Gasteiger partial charge < -0.3 is 5.43 Å². The van der Waals surface area contributed by atoms with Crippen molar-refractivity contribution >= 4 is 11.6 Å². The number of azo groups is 1. The van der Waals surface area contributed by atoms with Crippen molar-refractivity contribution in [2.75, 3.05) is 0 Å². The fourth-order valence-electron chi connectivity index (χ4n) is 0.759. The Morgan fingerprint density at radius 1 is 1.55 bits per heavy atom. The predicted molar refractivity (Wildman–Crippen MR) is 43.4 cm³/mol. The SMILES string of the molecule is CC1C=C(Cl)N=NC(NN)=C1. The van der Waals surface area contributed by atoms with Crippen LogP contribution in [0, 0.1) is 5.92 Å². The lowest BCUT2D eigenvalue weighted by atomic mass is 10.2. The molecule has 0 saturated carbocycles. The minimum atomic E-state index is 0.198. The van der Waals surface area contributed by atoms with Crippen LogP contribution in [0.3, 0.4) is 0 Å². The van der Waals surface area contributed by atoms with E-state index in [1.165, 1.54) is 0 Å². The molecule has 11 heavy (non-hydrogen) atoms. The molecule has 60 valence electrons. The van der Waals surface area contributed by atoms with E-state index in [1.807, 2.05) is 13.0 Å². The molecule has 0 spiro atoms. The van der Waals surface area contributed by atoms with E-state index in [0.717, 1.165) is 0 Å². The Labute approximate surface area is 69.8 Å². The lowest BCUT2D eigenvalue weighted by Crippen LogP contribution is -2.19. The number of nitrogens with zero attached hydrogens (tertiary/aromatic N) is 2. The zero-order chi connectivity index (χ0) is 8.27. The molecule has 0 saturated heterocycles. The van der Waals surface area contributed by atoms with Crippen molar-refractivity contribution < 1.29 is 0 Å². The second kappa shape index (κ2) is 3.50. The molecule has 0 aromatic rings. The van der Waals surface area contributed by atoms with Crippen molar-refractivity contribution in [2.45, 2.75) is 6.92 Å². The molecule has 1 aliphatic heterocycles. The summed E-state index contributed by atoms with van der Waals surface area (Å²) in [4.78, 5) is 0. The van der Waals surface area contributed by atoms with Gasteiger partial charge in [-0.2, -0.15) is 0 Å². The molecular formula is C6H9ClN4. The zero-order valence-corrected chi connectivity index (χ0v) is 6.84. The van der Waals surface area contributed by atoms with Crippen LogP contribution in [0.5, 0.6) is 0 Å². The fraction of sp³-hybridized carbons (Fsp3) is 0.333. The van der Waals surface area contributed by atoms with Gasteiger partial charge in [0, 0.05) is 0 Å². The quantitative estimate of drug-likeness (QED) is 0.358. The van der Waals surface area contributed by atoms with E-state index in [4.69, 9.17) is 17.4 Å². The molecular weight excluding hydrogens is 164 g/mol. The summed E-state index contributed by atoms with van der Waals surface area (Å²) in [6.45, 7) is 1.97. The number of nitrogens with two attached hydrogens (primary N) is 1. The van der Waals surface area contributed by atoms with Gasteiger partial charge in [0.1, 0.15) is 5.16 Å². The topological polar surface area (TPSA) is 62.8 Å². The van der Waals surface area contributed by atoms with E-state index >= 15 is 0 Å². The van der Waals surface area contributed by atoms with E-state index in [2.05, 4.69) is 15.7 Å². The summed E-state index contributed by atoms with van der Waals surface area (Å²) in [7, 11) is 0. The summed E-state index contributed by atoms with van der Waals surface area (Å²) in [5, 5.41) is 7.78. The molecule has 1 rings (SSSR count). The number of hydrazine groups is 1. The number of nitrogens with one attached hydrogen (secondary N) is 1. The van der Waals surface area contributed by atoms with E-state index in [1.54, 1.807) is 6.08 Å². The van der Waals surface area contributed by atoms with Crippen molar-refractivity contribution in [1.82, 2.24) is 5.43 Å². The molecule has 1 aliphatic rings. The first kappa shape index (κ1) is 8.23. The Kier molecular flexibility index (Phi) is 2.62. The monoisotopic (exact) mass is 172 g/mol. The van der Waals surface area contributed by atoms with Crippen LogP contribution < -0.4 is 11.3 Å². The Hall–Kier alpha value is -0.870. The lowest BCUT2D eigenvalue weighted by molar-refractivity contribution is 0.815. The van der Waals surface area contributed by atoms with Gasteiger partial charge in [0.25, 0.3) is 0 Å². The van der Waals surface area contributed by atoms with Crippen LogP contribution in [0.1, 0.15) is 6.92 Å². The standard InChI is InChI=1S/C6H9ClN4/c1-4-2-5(7)10-11-6(3-4)9-8/h2-4,9H,8H2,1H3. The van der Waals surface area contributed by atoms with Crippen LogP contribution in [0.4, 0.5) is 0 Å². The van der Waals surface area contributed by atoms with Gasteiger partial charge >= 0.3 is 0 Å². The summed E-state index contributed by atoms with van der Waals surface area (Å²) in [6, 6.07) is 0. The zero-order valence-electron chi connectivity index (χ0n) is 6.08. The summed E-state index contributed by atoms with van der Waals surface area (Å²) in [5.41, 5.74) is 2.40. The van der Waals surface area contributed by atoms with Gasteiger partial charge in [0.15, 0.2) is 5.82 Å². The number of allylic oxidation sites excluding steroid dienone is 2. The van der Waals surface area contributed by atoms with Crippen molar-refractivity contribution in [3.05, 3.63) is 23.1 Å². The molecule has 1 heterocycles. The van der Waals surface area contributed by atoms with Crippen LogP contribution in [0.25, 0.3) is 0 Å². The Morgan fingerprint density at radius 2 is 2.27 bits per heavy atom. The Bertz CT molecular complexity index is 231.